The zero-order chi connectivity index (χ0) is 27.3. The van der Waals surface area contributed by atoms with E-state index >= 15 is 0 Å². The normalized spacial score (nSPS) is 18.5. The molecule has 0 bridgehead atoms. The molecule has 4 aromatic carbocycles. The standard InChI is InChI=1S/C33H29NO5/c1-33(2,3)22-13-11-21(12-14-22)29-28(30(35)25-10-6-8-20-7-4-5-9-24(20)25)31(36)32(37)34(29)23-15-16-26-27(19-23)39-18-17-38-26/h4-16,19,29,35H,17-18H2,1-3H3/b30-28+. The van der Waals surface area contributed by atoms with E-state index in [4.69, 9.17) is 9.47 Å². The van der Waals surface area contributed by atoms with E-state index in [1.54, 1.807) is 24.3 Å². The molecule has 6 nitrogen and oxygen atoms in total. The van der Waals surface area contributed by atoms with E-state index in [2.05, 4.69) is 20.8 Å². The molecule has 196 valence electrons. The molecule has 1 N–H and O–H groups in total. The molecular formula is C33H29NO5. The fraction of sp³-hybridized carbons (Fsp3) is 0.212. The van der Waals surface area contributed by atoms with E-state index in [1.807, 2.05) is 60.7 Å². The number of Topliss-reactive ketones (excluding diaryl/α,β-unsaturated/α-hetero) is 1. The van der Waals surface area contributed by atoms with Gasteiger partial charge >= 0.3 is 0 Å². The SMILES string of the molecule is CC(C)(C)c1ccc(C2/C(=C(\O)c3cccc4ccccc34)C(=O)C(=O)N2c2ccc3c(c2)OCCO3)cc1. The summed E-state index contributed by atoms with van der Waals surface area (Å²) < 4.78 is 11.4. The van der Waals surface area contributed by atoms with Crippen molar-refractivity contribution < 1.29 is 24.2 Å². The number of rotatable bonds is 3. The lowest BCUT2D eigenvalue weighted by Gasteiger charge is -2.28. The van der Waals surface area contributed by atoms with Gasteiger partial charge in [-0.05, 0) is 39.4 Å². The third-order valence-corrected chi connectivity index (χ3v) is 7.39. The molecule has 0 aromatic heterocycles. The van der Waals surface area contributed by atoms with E-state index in [0.717, 1.165) is 21.9 Å². The van der Waals surface area contributed by atoms with Crippen molar-refractivity contribution in [2.45, 2.75) is 32.2 Å². The van der Waals surface area contributed by atoms with Crippen LogP contribution in [-0.2, 0) is 15.0 Å². The van der Waals surface area contributed by atoms with Gasteiger partial charge in [-0.15, -0.1) is 0 Å². The molecule has 1 unspecified atom stereocenters. The minimum atomic E-state index is -0.833. The number of fused-ring (bicyclic) bond motifs is 2. The highest BCUT2D eigenvalue weighted by Crippen LogP contribution is 2.45. The van der Waals surface area contributed by atoms with Crippen molar-refractivity contribution >= 4 is 33.9 Å². The van der Waals surface area contributed by atoms with Crippen LogP contribution in [0.25, 0.3) is 16.5 Å². The first-order valence-corrected chi connectivity index (χ1v) is 13.0. The van der Waals surface area contributed by atoms with Crippen LogP contribution >= 0.6 is 0 Å². The summed E-state index contributed by atoms with van der Waals surface area (Å²) in [5.74, 6) is -0.548. The first-order valence-electron chi connectivity index (χ1n) is 13.0. The Labute approximate surface area is 227 Å². The van der Waals surface area contributed by atoms with E-state index in [1.165, 1.54) is 4.90 Å². The minimum Gasteiger partial charge on any atom is -0.507 e. The summed E-state index contributed by atoms with van der Waals surface area (Å²) in [6.07, 6.45) is 0. The van der Waals surface area contributed by atoms with Crippen LogP contribution < -0.4 is 14.4 Å². The summed E-state index contributed by atoms with van der Waals surface area (Å²) in [6, 6.07) is 25.5. The smallest absolute Gasteiger partial charge is 0.300 e. The van der Waals surface area contributed by atoms with E-state index in [0.29, 0.717) is 36.0 Å². The van der Waals surface area contributed by atoms with E-state index in [-0.39, 0.29) is 16.7 Å². The van der Waals surface area contributed by atoms with Gasteiger partial charge in [0, 0.05) is 17.3 Å². The highest BCUT2D eigenvalue weighted by atomic mass is 16.6. The number of benzene rings is 4. The van der Waals surface area contributed by atoms with Crippen LogP contribution in [0.5, 0.6) is 11.5 Å². The fourth-order valence-electron chi connectivity index (χ4n) is 5.34. The molecule has 6 heteroatoms. The Bertz CT molecular complexity index is 1640. The predicted octanol–water partition coefficient (Wildman–Crippen LogP) is 6.53. The van der Waals surface area contributed by atoms with Gasteiger partial charge in [0.15, 0.2) is 11.5 Å². The van der Waals surface area contributed by atoms with Crippen LogP contribution in [-0.4, -0.2) is 30.0 Å². The number of nitrogens with zero attached hydrogens (tertiary/aromatic N) is 1. The van der Waals surface area contributed by atoms with Gasteiger partial charge in [0.2, 0.25) is 0 Å². The van der Waals surface area contributed by atoms with E-state index < -0.39 is 17.7 Å². The second-order valence-electron chi connectivity index (χ2n) is 10.9. The number of aliphatic hydroxyl groups excluding tert-OH is 1. The summed E-state index contributed by atoms with van der Waals surface area (Å²) in [5, 5.41) is 13.4. The maximum atomic E-state index is 13.7. The Morgan fingerprint density at radius 1 is 0.846 bits per heavy atom. The Balaban J connectivity index is 1.56. The quantitative estimate of drug-likeness (QED) is 0.189. The summed E-state index contributed by atoms with van der Waals surface area (Å²) in [7, 11) is 0. The molecule has 1 atom stereocenters. The molecule has 2 aliphatic heterocycles. The van der Waals surface area contributed by atoms with Gasteiger partial charge in [-0.1, -0.05) is 87.5 Å². The van der Waals surface area contributed by atoms with Crippen LogP contribution in [0.15, 0.2) is 90.5 Å². The van der Waals surface area contributed by atoms with Crippen LogP contribution in [0, 0.1) is 0 Å². The van der Waals surface area contributed by atoms with Crippen LogP contribution in [0.2, 0.25) is 0 Å². The van der Waals surface area contributed by atoms with Gasteiger partial charge in [-0.3, -0.25) is 14.5 Å². The molecule has 0 saturated carbocycles. The first-order chi connectivity index (χ1) is 18.7. The Morgan fingerprint density at radius 2 is 1.54 bits per heavy atom. The lowest BCUT2D eigenvalue weighted by molar-refractivity contribution is -0.132. The summed E-state index contributed by atoms with van der Waals surface area (Å²) in [5.41, 5.74) is 2.82. The largest absolute Gasteiger partial charge is 0.507 e. The van der Waals surface area contributed by atoms with Crippen LogP contribution in [0.4, 0.5) is 5.69 Å². The number of ether oxygens (including phenoxy) is 2. The number of anilines is 1. The van der Waals surface area contributed by atoms with Crippen molar-refractivity contribution in [3.63, 3.8) is 0 Å². The zero-order valence-corrected chi connectivity index (χ0v) is 22.1. The molecular weight excluding hydrogens is 490 g/mol. The first kappa shape index (κ1) is 24.7. The molecule has 2 aliphatic rings. The Morgan fingerprint density at radius 3 is 2.28 bits per heavy atom. The maximum absolute atomic E-state index is 13.7. The number of carbonyl (C=O) groups excluding carboxylic acids is 2. The second-order valence-corrected chi connectivity index (χ2v) is 10.9. The molecule has 1 amide bonds. The number of aliphatic hydroxyl groups is 1. The van der Waals surface area contributed by atoms with Crippen LogP contribution in [0.3, 0.4) is 0 Å². The number of ketones is 1. The molecule has 4 aromatic rings. The Hall–Kier alpha value is -4.58. The number of hydrogen-bond acceptors (Lipinski definition) is 5. The molecule has 6 rings (SSSR count). The lowest BCUT2D eigenvalue weighted by atomic mass is 9.85. The average Bonchev–Trinajstić information content (AvgIpc) is 3.21. The molecule has 0 radical (unpaired) electrons. The lowest BCUT2D eigenvalue weighted by Crippen LogP contribution is -2.29. The zero-order valence-electron chi connectivity index (χ0n) is 22.1. The van der Waals surface area contributed by atoms with Crippen molar-refractivity contribution in [1.29, 1.82) is 0 Å². The average molecular weight is 520 g/mol. The summed E-state index contributed by atoms with van der Waals surface area (Å²) >= 11 is 0. The highest BCUT2D eigenvalue weighted by molar-refractivity contribution is 6.51. The molecule has 1 fully saturated rings. The van der Waals surface area contributed by atoms with Gasteiger partial charge in [-0.25, -0.2) is 0 Å². The van der Waals surface area contributed by atoms with Crippen molar-refractivity contribution in [3.05, 3.63) is 107 Å². The monoisotopic (exact) mass is 519 g/mol. The maximum Gasteiger partial charge on any atom is 0.300 e. The highest BCUT2D eigenvalue weighted by Gasteiger charge is 2.47. The number of carbonyl (C=O) groups is 2. The van der Waals surface area contributed by atoms with Gasteiger partial charge in [-0.2, -0.15) is 0 Å². The van der Waals surface area contributed by atoms with Crippen molar-refractivity contribution in [1.82, 2.24) is 0 Å². The fourth-order valence-corrected chi connectivity index (χ4v) is 5.34. The molecule has 39 heavy (non-hydrogen) atoms. The second kappa shape index (κ2) is 9.31. The third-order valence-electron chi connectivity index (χ3n) is 7.39. The minimum absolute atomic E-state index is 0.0507. The molecule has 2 heterocycles. The summed E-state index contributed by atoms with van der Waals surface area (Å²) in [4.78, 5) is 28.8. The molecule has 0 spiro atoms. The Kier molecular flexibility index (Phi) is 5.91. The van der Waals surface area contributed by atoms with Gasteiger partial charge in [0.05, 0.1) is 11.6 Å². The van der Waals surface area contributed by atoms with Gasteiger partial charge in [0.25, 0.3) is 11.7 Å². The topological polar surface area (TPSA) is 76.1 Å². The van der Waals surface area contributed by atoms with Crippen molar-refractivity contribution in [2.24, 2.45) is 0 Å². The summed E-state index contributed by atoms with van der Waals surface area (Å²) in [6.45, 7) is 7.23. The number of amides is 1. The van der Waals surface area contributed by atoms with Crippen molar-refractivity contribution in [2.75, 3.05) is 18.1 Å². The van der Waals surface area contributed by atoms with Gasteiger partial charge in [0.1, 0.15) is 19.0 Å². The predicted molar refractivity (Wildman–Crippen MR) is 151 cm³/mol. The van der Waals surface area contributed by atoms with Crippen molar-refractivity contribution in [3.8, 4) is 11.5 Å². The molecule has 1 saturated heterocycles. The van der Waals surface area contributed by atoms with Crippen LogP contribution in [0.1, 0.15) is 43.5 Å². The number of hydrogen-bond donors (Lipinski definition) is 1. The molecule has 0 aliphatic carbocycles. The third kappa shape index (κ3) is 4.22. The van der Waals surface area contributed by atoms with Gasteiger partial charge < -0.3 is 14.6 Å². The van der Waals surface area contributed by atoms with E-state index in [9.17, 15) is 14.7 Å².